The molecule has 1 nitrogen and oxygen atoms in total. The maximum absolute atomic E-state index is 2.50. The Kier molecular flexibility index (Phi) is 5.69. The fourth-order valence-corrected chi connectivity index (χ4v) is 5.55. The van der Waals surface area contributed by atoms with E-state index in [-0.39, 0.29) is 0 Å². The van der Waals surface area contributed by atoms with E-state index in [1.54, 1.807) is 10.8 Å². The summed E-state index contributed by atoms with van der Waals surface area (Å²) in [5.74, 6) is 0.663. The Morgan fingerprint density at radius 2 is 1.54 bits per heavy atom. The van der Waals surface area contributed by atoms with Gasteiger partial charge in [0, 0.05) is 11.3 Å². The molecule has 0 amide bonds. The van der Waals surface area contributed by atoms with Crippen LogP contribution in [0.15, 0.2) is 30.5 Å². The van der Waals surface area contributed by atoms with Crippen molar-refractivity contribution in [1.82, 2.24) is 0 Å². The average molecular weight is 341 g/mol. The number of rotatable bonds is 5. The van der Waals surface area contributed by atoms with Crippen molar-refractivity contribution < 1.29 is 4.57 Å². The van der Waals surface area contributed by atoms with E-state index in [1.807, 2.05) is 0 Å². The number of aryl methyl sites for hydroxylation is 3. The van der Waals surface area contributed by atoms with Gasteiger partial charge in [0.05, 0.1) is 13.6 Å². The van der Waals surface area contributed by atoms with Crippen LogP contribution in [0.4, 0.5) is 0 Å². The van der Waals surface area contributed by atoms with Crippen molar-refractivity contribution in [3.8, 4) is 11.3 Å². The summed E-state index contributed by atoms with van der Waals surface area (Å²) in [5, 5.41) is 1.62. The summed E-state index contributed by atoms with van der Waals surface area (Å²) in [4.78, 5) is 0. The molecule has 0 aliphatic carbocycles. The van der Waals surface area contributed by atoms with Crippen molar-refractivity contribution in [2.45, 2.75) is 66.1 Å². The van der Waals surface area contributed by atoms with E-state index in [0.29, 0.717) is 5.92 Å². The zero-order valence-electron chi connectivity index (χ0n) is 16.8. The van der Waals surface area contributed by atoms with E-state index in [4.69, 9.17) is 0 Å². The summed E-state index contributed by atoms with van der Waals surface area (Å²) in [6, 6.07) is 9.12. The molecule has 24 heavy (non-hydrogen) atoms. The largest absolute Gasteiger partial charge is 0.213 e. The molecule has 0 fully saturated rings. The standard InChI is InChI=1S/C22H34NSi/c1-9-18(10-2)19-14-20(22-16(3)12-11-13-17(22)4)23(5)15-21(19)24(6,7)8/h11-15,18H,9-10H2,1-8H3/q+1. The monoisotopic (exact) mass is 340 g/mol. The highest BCUT2D eigenvalue weighted by Gasteiger charge is 2.29. The summed E-state index contributed by atoms with van der Waals surface area (Å²) in [7, 11) is 0.833. The predicted molar refractivity (Wildman–Crippen MR) is 109 cm³/mol. The quantitative estimate of drug-likeness (QED) is 0.517. The van der Waals surface area contributed by atoms with Crippen molar-refractivity contribution in [3.63, 3.8) is 0 Å². The van der Waals surface area contributed by atoms with Gasteiger partial charge in [-0.15, -0.1) is 0 Å². The lowest BCUT2D eigenvalue weighted by Gasteiger charge is -2.25. The number of nitrogens with zero attached hydrogens (tertiary/aromatic N) is 1. The lowest BCUT2D eigenvalue weighted by atomic mass is 9.91. The fraction of sp³-hybridized carbons (Fsp3) is 0.500. The molecule has 0 unspecified atom stereocenters. The lowest BCUT2D eigenvalue weighted by Crippen LogP contribution is -2.47. The Morgan fingerprint density at radius 1 is 1.00 bits per heavy atom. The molecule has 2 heteroatoms. The maximum Gasteiger partial charge on any atom is 0.213 e. The fourth-order valence-electron chi connectivity index (χ4n) is 3.82. The van der Waals surface area contributed by atoms with E-state index < -0.39 is 8.07 Å². The van der Waals surface area contributed by atoms with Gasteiger partial charge in [0.15, 0.2) is 6.20 Å². The third-order valence-corrected chi connectivity index (χ3v) is 7.31. The van der Waals surface area contributed by atoms with Gasteiger partial charge in [-0.25, -0.2) is 4.57 Å². The minimum atomic E-state index is -1.38. The van der Waals surface area contributed by atoms with Crippen LogP contribution in [0.3, 0.4) is 0 Å². The first-order valence-corrected chi connectivity index (χ1v) is 12.8. The zero-order chi connectivity index (χ0) is 18.1. The smallest absolute Gasteiger partial charge is 0.201 e. The van der Waals surface area contributed by atoms with Crippen molar-refractivity contribution in [2.75, 3.05) is 0 Å². The molecular formula is C22H34NSi+. The minimum absolute atomic E-state index is 0.663. The molecular weight excluding hydrogens is 306 g/mol. The van der Waals surface area contributed by atoms with Crippen LogP contribution in [0.1, 0.15) is 49.3 Å². The van der Waals surface area contributed by atoms with Crippen molar-refractivity contribution >= 4 is 13.3 Å². The molecule has 0 spiro atoms. The van der Waals surface area contributed by atoms with Crippen LogP contribution in [-0.2, 0) is 7.05 Å². The highest BCUT2D eigenvalue weighted by atomic mass is 28.3. The highest BCUT2D eigenvalue weighted by molar-refractivity contribution is 6.89. The first kappa shape index (κ1) is 18.9. The number of pyridine rings is 1. The Bertz CT molecular complexity index is 701. The molecule has 0 aliphatic rings. The van der Waals surface area contributed by atoms with E-state index in [1.165, 1.54) is 35.2 Å². The van der Waals surface area contributed by atoms with Crippen LogP contribution in [0.25, 0.3) is 11.3 Å². The third kappa shape index (κ3) is 3.64. The molecule has 0 N–H and O–H groups in total. The maximum atomic E-state index is 2.50. The lowest BCUT2D eigenvalue weighted by molar-refractivity contribution is -0.659. The van der Waals surface area contributed by atoms with Gasteiger partial charge in [-0.3, -0.25) is 0 Å². The van der Waals surface area contributed by atoms with Gasteiger partial charge in [-0.05, 0) is 49.3 Å². The van der Waals surface area contributed by atoms with Gasteiger partial charge in [0.1, 0.15) is 7.05 Å². The molecule has 0 radical (unpaired) electrons. The average Bonchev–Trinajstić information content (AvgIpc) is 2.49. The number of hydrogen-bond acceptors (Lipinski definition) is 0. The summed E-state index contributed by atoms with van der Waals surface area (Å²) in [5.41, 5.74) is 7.07. The Balaban J connectivity index is 2.78. The van der Waals surface area contributed by atoms with Gasteiger partial charge in [-0.2, -0.15) is 0 Å². The van der Waals surface area contributed by atoms with Gasteiger partial charge < -0.3 is 0 Å². The predicted octanol–water partition coefficient (Wildman–Crippen LogP) is 5.24. The van der Waals surface area contributed by atoms with Crippen LogP contribution >= 0.6 is 0 Å². The van der Waals surface area contributed by atoms with Crippen LogP contribution in [0, 0.1) is 13.8 Å². The molecule has 0 saturated heterocycles. The topological polar surface area (TPSA) is 3.88 Å². The molecule has 0 bridgehead atoms. The molecule has 130 valence electrons. The van der Waals surface area contributed by atoms with Crippen molar-refractivity contribution in [1.29, 1.82) is 0 Å². The van der Waals surface area contributed by atoms with Crippen LogP contribution in [0.5, 0.6) is 0 Å². The van der Waals surface area contributed by atoms with E-state index in [0.717, 1.165) is 0 Å². The molecule has 0 atom stereocenters. The first-order valence-electron chi connectivity index (χ1n) is 9.31. The van der Waals surface area contributed by atoms with Crippen LogP contribution in [0.2, 0.25) is 19.6 Å². The summed E-state index contributed by atoms with van der Waals surface area (Å²) < 4.78 is 2.36. The summed E-state index contributed by atoms with van der Waals surface area (Å²) >= 11 is 0. The Hall–Kier alpha value is -1.41. The molecule has 1 heterocycles. The molecule has 1 aromatic heterocycles. The molecule has 0 aliphatic heterocycles. The summed E-state index contributed by atoms with van der Waals surface area (Å²) in [6.07, 6.45) is 4.86. The molecule has 2 rings (SSSR count). The van der Waals surface area contributed by atoms with E-state index in [9.17, 15) is 0 Å². The molecule has 2 aromatic rings. The number of benzene rings is 1. The van der Waals surface area contributed by atoms with Crippen LogP contribution in [-0.4, -0.2) is 8.07 Å². The second-order valence-corrected chi connectivity index (χ2v) is 13.2. The Labute approximate surface area is 149 Å². The number of aromatic nitrogens is 1. The SMILES string of the molecule is CCC(CC)c1cc(-c2c(C)cccc2C)[n+](C)cc1[Si](C)(C)C. The second kappa shape index (κ2) is 7.22. The molecule has 1 aromatic carbocycles. The Morgan fingerprint density at radius 3 is 2.00 bits per heavy atom. The second-order valence-electron chi connectivity index (χ2n) is 8.17. The minimum Gasteiger partial charge on any atom is -0.201 e. The van der Waals surface area contributed by atoms with E-state index >= 15 is 0 Å². The number of hydrogen-bond donors (Lipinski definition) is 0. The van der Waals surface area contributed by atoms with Crippen LogP contribution < -0.4 is 9.75 Å². The van der Waals surface area contributed by atoms with Gasteiger partial charge in [0.2, 0.25) is 5.69 Å². The normalized spacial score (nSPS) is 12.0. The van der Waals surface area contributed by atoms with Crippen molar-refractivity contribution in [2.24, 2.45) is 7.05 Å². The van der Waals surface area contributed by atoms with Gasteiger partial charge in [-0.1, -0.05) is 51.7 Å². The van der Waals surface area contributed by atoms with Gasteiger partial charge in [0.25, 0.3) is 0 Å². The van der Waals surface area contributed by atoms with Crippen molar-refractivity contribution in [3.05, 3.63) is 47.2 Å². The zero-order valence-corrected chi connectivity index (χ0v) is 17.8. The highest BCUT2D eigenvalue weighted by Crippen LogP contribution is 2.29. The van der Waals surface area contributed by atoms with Gasteiger partial charge >= 0.3 is 0 Å². The third-order valence-electron chi connectivity index (χ3n) is 5.28. The van der Waals surface area contributed by atoms with E-state index in [2.05, 4.69) is 89.4 Å². The molecule has 0 saturated carbocycles. The first-order chi connectivity index (χ1) is 11.2. The summed E-state index contributed by atoms with van der Waals surface area (Å²) in [6.45, 7) is 16.5.